The second-order valence-corrected chi connectivity index (χ2v) is 3.78. The van der Waals surface area contributed by atoms with Crippen molar-refractivity contribution in [3.8, 4) is 0 Å². The molecule has 1 aromatic carbocycles. The minimum Gasteiger partial charge on any atom is -0.377 e. The molecule has 2 aromatic rings. The average molecular weight is 201 g/mol. The van der Waals surface area contributed by atoms with Crippen LogP contribution in [-0.2, 0) is 6.54 Å². The first-order valence-electron chi connectivity index (χ1n) is 4.97. The zero-order valence-electron chi connectivity index (χ0n) is 9.07. The van der Waals surface area contributed by atoms with Crippen LogP contribution in [0, 0.1) is 0 Å². The molecule has 0 aliphatic rings. The molecule has 0 saturated heterocycles. The van der Waals surface area contributed by atoms with Gasteiger partial charge in [-0.1, -0.05) is 12.1 Å². The quantitative estimate of drug-likeness (QED) is 0.805. The predicted octanol–water partition coefficient (Wildman–Crippen LogP) is 1.76. The highest BCUT2D eigenvalue weighted by Gasteiger charge is 2.03. The second-order valence-electron chi connectivity index (χ2n) is 3.78. The lowest BCUT2D eigenvalue weighted by Crippen LogP contribution is -2.09. The first-order chi connectivity index (χ1) is 7.22. The highest BCUT2D eigenvalue weighted by atomic mass is 15.1. The molecule has 0 amide bonds. The Morgan fingerprint density at radius 3 is 2.73 bits per heavy atom. The van der Waals surface area contributed by atoms with E-state index in [0.29, 0.717) is 6.54 Å². The molecule has 3 heteroatoms. The average Bonchev–Trinajstić information content (AvgIpc) is 2.27. The van der Waals surface area contributed by atoms with Gasteiger partial charge >= 0.3 is 0 Å². The van der Waals surface area contributed by atoms with Crippen molar-refractivity contribution in [1.29, 1.82) is 0 Å². The van der Waals surface area contributed by atoms with Gasteiger partial charge in [0.1, 0.15) is 0 Å². The van der Waals surface area contributed by atoms with Gasteiger partial charge < -0.3 is 10.6 Å². The normalized spacial score (nSPS) is 10.6. The van der Waals surface area contributed by atoms with Crippen LogP contribution in [0.3, 0.4) is 0 Å². The van der Waals surface area contributed by atoms with Crippen LogP contribution in [-0.4, -0.2) is 19.1 Å². The van der Waals surface area contributed by atoms with Crippen molar-refractivity contribution >= 4 is 16.6 Å². The lowest BCUT2D eigenvalue weighted by atomic mass is 10.1. The standard InChI is InChI=1S/C12H15N3/c1-15(2)12-5-6-14-11-7-9(8-13)3-4-10(11)12/h3-7H,8,13H2,1-2H3. The summed E-state index contributed by atoms with van der Waals surface area (Å²) < 4.78 is 0. The van der Waals surface area contributed by atoms with E-state index in [1.165, 1.54) is 11.1 Å². The van der Waals surface area contributed by atoms with E-state index in [9.17, 15) is 0 Å². The van der Waals surface area contributed by atoms with Gasteiger partial charge in [-0.05, 0) is 17.7 Å². The minimum absolute atomic E-state index is 0.559. The molecule has 0 bridgehead atoms. The van der Waals surface area contributed by atoms with Crippen LogP contribution in [0.5, 0.6) is 0 Å². The highest BCUT2D eigenvalue weighted by molar-refractivity contribution is 5.91. The van der Waals surface area contributed by atoms with E-state index in [0.717, 1.165) is 11.1 Å². The Morgan fingerprint density at radius 2 is 2.07 bits per heavy atom. The summed E-state index contributed by atoms with van der Waals surface area (Å²) in [5, 5.41) is 1.17. The zero-order valence-corrected chi connectivity index (χ0v) is 9.07. The summed E-state index contributed by atoms with van der Waals surface area (Å²) in [6, 6.07) is 8.20. The van der Waals surface area contributed by atoms with E-state index >= 15 is 0 Å². The number of pyridine rings is 1. The molecule has 2 N–H and O–H groups in total. The van der Waals surface area contributed by atoms with E-state index in [4.69, 9.17) is 5.73 Å². The van der Waals surface area contributed by atoms with Crippen LogP contribution < -0.4 is 10.6 Å². The molecule has 0 aliphatic carbocycles. The summed E-state index contributed by atoms with van der Waals surface area (Å²) in [4.78, 5) is 6.44. The largest absolute Gasteiger partial charge is 0.377 e. The smallest absolute Gasteiger partial charge is 0.0726 e. The monoisotopic (exact) mass is 201 g/mol. The number of fused-ring (bicyclic) bond motifs is 1. The van der Waals surface area contributed by atoms with Crippen molar-refractivity contribution in [2.45, 2.75) is 6.54 Å². The Hall–Kier alpha value is -1.61. The maximum absolute atomic E-state index is 5.60. The van der Waals surface area contributed by atoms with Crippen molar-refractivity contribution in [3.05, 3.63) is 36.0 Å². The molecule has 0 atom stereocenters. The number of hydrogen-bond acceptors (Lipinski definition) is 3. The number of aromatic nitrogens is 1. The van der Waals surface area contributed by atoms with Gasteiger partial charge in [0.05, 0.1) is 5.52 Å². The fraction of sp³-hybridized carbons (Fsp3) is 0.250. The number of anilines is 1. The summed E-state index contributed by atoms with van der Waals surface area (Å²) >= 11 is 0. The van der Waals surface area contributed by atoms with Crippen molar-refractivity contribution < 1.29 is 0 Å². The summed E-state index contributed by atoms with van der Waals surface area (Å²) in [5.74, 6) is 0. The maximum Gasteiger partial charge on any atom is 0.0726 e. The molecule has 78 valence electrons. The highest BCUT2D eigenvalue weighted by Crippen LogP contribution is 2.24. The van der Waals surface area contributed by atoms with Crippen LogP contribution in [0.1, 0.15) is 5.56 Å². The Bertz CT molecular complexity index is 477. The molecule has 2 rings (SSSR count). The Labute approximate surface area is 89.5 Å². The van der Waals surface area contributed by atoms with E-state index in [1.54, 1.807) is 0 Å². The molecular weight excluding hydrogens is 186 g/mol. The lowest BCUT2D eigenvalue weighted by Gasteiger charge is -2.15. The van der Waals surface area contributed by atoms with Crippen molar-refractivity contribution in [2.75, 3.05) is 19.0 Å². The fourth-order valence-electron chi connectivity index (χ4n) is 1.70. The number of nitrogens with two attached hydrogens (primary N) is 1. The third-order valence-corrected chi connectivity index (χ3v) is 2.50. The summed E-state index contributed by atoms with van der Waals surface area (Å²) in [5.41, 5.74) is 8.90. The molecule has 0 spiro atoms. The van der Waals surface area contributed by atoms with Crippen LogP contribution in [0.2, 0.25) is 0 Å². The number of hydrogen-bond donors (Lipinski definition) is 1. The molecule has 1 heterocycles. The topological polar surface area (TPSA) is 42.2 Å². The summed E-state index contributed by atoms with van der Waals surface area (Å²) in [6.45, 7) is 0.559. The number of rotatable bonds is 2. The van der Waals surface area contributed by atoms with Crippen molar-refractivity contribution in [1.82, 2.24) is 4.98 Å². The third kappa shape index (κ3) is 1.78. The Morgan fingerprint density at radius 1 is 1.27 bits per heavy atom. The van der Waals surface area contributed by atoms with E-state index < -0.39 is 0 Å². The summed E-state index contributed by atoms with van der Waals surface area (Å²) in [6.07, 6.45) is 1.83. The van der Waals surface area contributed by atoms with Crippen molar-refractivity contribution in [3.63, 3.8) is 0 Å². The SMILES string of the molecule is CN(C)c1ccnc2cc(CN)ccc12. The van der Waals surface area contributed by atoms with E-state index in [-0.39, 0.29) is 0 Å². The Kier molecular flexibility index (Phi) is 2.56. The molecule has 0 saturated carbocycles. The molecule has 15 heavy (non-hydrogen) atoms. The Balaban J connectivity index is 2.67. The van der Waals surface area contributed by atoms with Gasteiger partial charge in [0.2, 0.25) is 0 Å². The molecule has 0 fully saturated rings. The maximum atomic E-state index is 5.60. The van der Waals surface area contributed by atoms with Gasteiger partial charge in [-0.2, -0.15) is 0 Å². The first-order valence-corrected chi connectivity index (χ1v) is 4.97. The molecular formula is C12H15N3. The first kappa shape index (κ1) is 9.93. The molecule has 0 aliphatic heterocycles. The van der Waals surface area contributed by atoms with Gasteiger partial charge in [-0.3, -0.25) is 4.98 Å². The van der Waals surface area contributed by atoms with Gasteiger partial charge in [0, 0.05) is 37.9 Å². The number of benzene rings is 1. The molecule has 0 radical (unpaired) electrons. The van der Waals surface area contributed by atoms with Crippen LogP contribution >= 0.6 is 0 Å². The van der Waals surface area contributed by atoms with Crippen molar-refractivity contribution in [2.24, 2.45) is 5.73 Å². The van der Waals surface area contributed by atoms with Crippen LogP contribution in [0.15, 0.2) is 30.5 Å². The second kappa shape index (κ2) is 3.87. The van der Waals surface area contributed by atoms with Gasteiger partial charge in [0.15, 0.2) is 0 Å². The fourth-order valence-corrected chi connectivity index (χ4v) is 1.70. The molecule has 3 nitrogen and oxygen atoms in total. The third-order valence-electron chi connectivity index (χ3n) is 2.50. The zero-order chi connectivity index (χ0) is 10.8. The van der Waals surface area contributed by atoms with Gasteiger partial charge in [-0.25, -0.2) is 0 Å². The van der Waals surface area contributed by atoms with Crippen LogP contribution in [0.4, 0.5) is 5.69 Å². The predicted molar refractivity (Wildman–Crippen MR) is 64.0 cm³/mol. The molecule has 0 unspecified atom stereocenters. The number of nitrogens with zero attached hydrogens (tertiary/aromatic N) is 2. The van der Waals surface area contributed by atoms with E-state index in [2.05, 4.69) is 22.0 Å². The lowest BCUT2D eigenvalue weighted by molar-refractivity contribution is 1.07. The van der Waals surface area contributed by atoms with Gasteiger partial charge in [-0.15, -0.1) is 0 Å². The van der Waals surface area contributed by atoms with E-state index in [1.807, 2.05) is 32.4 Å². The van der Waals surface area contributed by atoms with Gasteiger partial charge in [0.25, 0.3) is 0 Å². The molecule has 1 aromatic heterocycles. The summed E-state index contributed by atoms with van der Waals surface area (Å²) in [7, 11) is 4.07. The van der Waals surface area contributed by atoms with Crippen LogP contribution in [0.25, 0.3) is 10.9 Å². The minimum atomic E-state index is 0.559.